The van der Waals surface area contributed by atoms with E-state index in [1.807, 2.05) is 42.2 Å². The molecular formula is C16H20N4O. The number of carbonyl (C=O) groups is 1. The molecule has 1 aliphatic heterocycles. The van der Waals surface area contributed by atoms with Crippen molar-refractivity contribution >= 4 is 5.91 Å². The summed E-state index contributed by atoms with van der Waals surface area (Å²) >= 11 is 0. The molecule has 1 aromatic heterocycles. The lowest BCUT2D eigenvalue weighted by molar-refractivity contribution is 0.0782. The zero-order chi connectivity index (χ0) is 14.8. The van der Waals surface area contributed by atoms with Crippen LogP contribution in [0.15, 0.2) is 30.3 Å². The highest BCUT2D eigenvalue weighted by Crippen LogP contribution is 2.21. The Labute approximate surface area is 124 Å². The van der Waals surface area contributed by atoms with Crippen LogP contribution in [0.3, 0.4) is 0 Å². The summed E-state index contributed by atoms with van der Waals surface area (Å²) in [5.74, 6) is 0.435. The summed E-state index contributed by atoms with van der Waals surface area (Å²) in [5.41, 5.74) is 9.23. The highest BCUT2D eigenvalue weighted by atomic mass is 16.2. The van der Waals surface area contributed by atoms with Gasteiger partial charge in [0.05, 0.1) is 5.69 Å². The fourth-order valence-electron chi connectivity index (χ4n) is 2.68. The molecular weight excluding hydrogens is 264 g/mol. The number of nitrogens with one attached hydrogen (secondary N) is 1. The smallest absolute Gasteiger partial charge is 0.271 e. The average Bonchev–Trinajstić information content (AvgIpc) is 3.16. The van der Waals surface area contributed by atoms with Crippen molar-refractivity contribution in [3.63, 3.8) is 0 Å². The van der Waals surface area contributed by atoms with E-state index < -0.39 is 0 Å². The molecule has 5 heteroatoms. The molecule has 1 unspecified atom stereocenters. The Kier molecular flexibility index (Phi) is 3.75. The van der Waals surface area contributed by atoms with Crippen LogP contribution in [0.1, 0.15) is 22.5 Å². The molecule has 1 saturated heterocycles. The van der Waals surface area contributed by atoms with Crippen molar-refractivity contribution in [1.29, 1.82) is 0 Å². The number of H-pyrrole nitrogens is 1. The van der Waals surface area contributed by atoms with E-state index in [2.05, 4.69) is 10.2 Å². The number of hydrogen-bond donors (Lipinski definition) is 2. The standard InChI is InChI=1S/C16H20N4O/c1-11-2-4-13(5-3-11)14-8-15(19-18-14)16(21)20-7-6-12(9-17)10-20/h2-5,8,12H,6-7,9-10,17H2,1H3,(H,18,19). The van der Waals surface area contributed by atoms with Gasteiger partial charge in [-0.1, -0.05) is 29.8 Å². The number of hydrogen-bond acceptors (Lipinski definition) is 3. The van der Waals surface area contributed by atoms with Crippen molar-refractivity contribution in [3.8, 4) is 11.3 Å². The van der Waals surface area contributed by atoms with E-state index >= 15 is 0 Å². The van der Waals surface area contributed by atoms with E-state index in [-0.39, 0.29) is 5.91 Å². The van der Waals surface area contributed by atoms with Crippen LogP contribution in [-0.2, 0) is 0 Å². The molecule has 0 aliphatic carbocycles. The Bertz CT molecular complexity index is 632. The van der Waals surface area contributed by atoms with Crippen LogP contribution >= 0.6 is 0 Å². The van der Waals surface area contributed by atoms with Gasteiger partial charge in [-0.3, -0.25) is 9.89 Å². The van der Waals surface area contributed by atoms with Gasteiger partial charge in [0.25, 0.3) is 5.91 Å². The molecule has 1 fully saturated rings. The fourth-order valence-corrected chi connectivity index (χ4v) is 2.68. The number of aromatic amines is 1. The lowest BCUT2D eigenvalue weighted by Crippen LogP contribution is -2.30. The summed E-state index contributed by atoms with van der Waals surface area (Å²) < 4.78 is 0. The number of benzene rings is 1. The number of rotatable bonds is 3. The molecule has 3 N–H and O–H groups in total. The predicted octanol–water partition coefficient (Wildman–Crippen LogP) is 1.81. The van der Waals surface area contributed by atoms with Gasteiger partial charge in [0.1, 0.15) is 5.69 Å². The number of aryl methyl sites for hydroxylation is 1. The maximum absolute atomic E-state index is 12.4. The third kappa shape index (κ3) is 2.83. The fraction of sp³-hybridized carbons (Fsp3) is 0.375. The summed E-state index contributed by atoms with van der Waals surface area (Å²) in [5, 5.41) is 7.11. The quantitative estimate of drug-likeness (QED) is 0.902. The Morgan fingerprint density at radius 3 is 2.86 bits per heavy atom. The minimum atomic E-state index is 0.0109. The van der Waals surface area contributed by atoms with E-state index in [0.717, 1.165) is 30.8 Å². The molecule has 21 heavy (non-hydrogen) atoms. The SMILES string of the molecule is Cc1ccc(-c2cc(C(=O)N3CCC(CN)C3)[nH]n2)cc1. The summed E-state index contributed by atoms with van der Waals surface area (Å²) in [7, 11) is 0. The molecule has 1 amide bonds. The first-order valence-electron chi connectivity index (χ1n) is 7.29. The Balaban J connectivity index is 1.75. The maximum Gasteiger partial charge on any atom is 0.271 e. The molecule has 0 saturated carbocycles. The molecule has 0 bridgehead atoms. The van der Waals surface area contributed by atoms with Gasteiger partial charge < -0.3 is 10.6 Å². The maximum atomic E-state index is 12.4. The summed E-state index contributed by atoms with van der Waals surface area (Å²) in [6, 6.07) is 9.93. The van der Waals surface area contributed by atoms with E-state index in [1.165, 1.54) is 5.56 Å². The molecule has 2 heterocycles. The van der Waals surface area contributed by atoms with Gasteiger partial charge >= 0.3 is 0 Å². The van der Waals surface area contributed by atoms with Gasteiger partial charge in [-0.2, -0.15) is 5.10 Å². The molecule has 1 aromatic carbocycles. The van der Waals surface area contributed by atoms with E-state index in [4.69, 9.17) is 5.73 Å². The number of aromatic nitrogens is 2. The second-order valence-corrected chi connectivity index (χ2v) is 5.67. The zero-order valence-electron chi connectivity index (χ0n) is 12.2. The van der Waals surface area contributed by atoms with Crippen LogP contribution in [0.25, 0.3) is 11.3 Å². The predicted molar refractivity (Wildman–Crippen MR) is 81.8 cm³/mol. The van der Waals surface area contributed by atoms with E-state index in [0.29, 0.717) is 18.2 Å². The largest absolute Gasteiger partial charge is 0.337 e. The van der Waals surface area contributed by atoms with Gasteiger partial charge in [-0.15, -0.1) is 0 Å². The Morgan fingerprint density at radius 2 is 2.19 bits per heavy atom. The lowest BCUT2D eigenvalue weighted by atomic mass is 10.1. The van der Waals surface area contributed by atoms with Crippen molar-refractivity contribution in [2.75, 3.05) is 19.6 Å². The van der Waals surface area contributed by atoms with Crippen molar-refractivity contribution in [1.82, 2.24) is 15.1 Å². The third-order valence-corrected chi connectivity index (χ3v) is 4.06. The topological polar surface area (TPSA) is 75.0 Å². The lowest BCUT2D eigenvalue weighted by Gasteiger charge is -2.14. The van der Waals surface area contributed by atoms with Crippen LogP contribution in [-0.4, -0.2) is 40.6 Å². The van der Waals surface area contributed by atoms with Gasteiger partial charge in [-0.05, 0) is 31.9 Å². The summed E-state index contributed by atoms with van der Waals surface area (Å²) in [4.78, 5) is 14.3. The minimum Gasteiger partial charge on any atom is -0.337 e. The Hall–Kier alpha value is -2.14. The van der Waals surface area contributed by atoms with Crippen molar-refractivity contribution in [2.45, 2.75) is 13.3 Å². The highest BCUT2D eigenvalue weighted by Gasteiger charge is 2.27. The minimum absolute atomic E-state index is 0.0109. The van der Waals surface area contributed by atoms with E-state index in [9.17, 15) is 4.79 Å². The monoisotopic (exact) mass is 284 g/mol. The van der Waals surface area contributed by atoms with Crippen LogP contribution in [0, 0.1) is 12.8 Å². The van der Waals surface area contributed by atoms with Crippen molar-refractivity contribution in [2.24, 2.45) is 11.7 Å². The van der Waals surface area contributed by atoms with Crippen molar-refractivity contribution in [3.05, 3.63) is 41.6 Å². The van der Waals surface area contributed by atoms with Crippen molar-refractivity contribution < 1.29 is 4.79 Å². The van der Waals surface area contributed by atoms with Gasteiger partial charge in [0, 0.05) is 18.7 Å². The Morgan fingerprint density at radius 1 is 1.43 bits per heavy atom. The second kappa shape index (κ2) is 5.69. The molecule has 0 radical (unpaired) electrons. The summed E-state index contributed by atoms with van der Waals surface area (Å²) in [6.07, 6.45) is 0.987. The number of carbonyl (C=O) groups excluding carboxylic acids is 1. The van der Waals surface area contributed by atoms with Crippen LogP contribution in [0.5, 0.6) is 0 Å². The molecule has 3 rings (SSSR count). The molecule has 1 aliphatic rings. The highest BCUT2D eigenvalue weighted by molar-refractivity contribution is 5.93. The van der Waals surface area contributed by atoms with E-state index in [1.54, 1.807) is 0 Å². The average molecular weight is 284 g/mol. The number of likely N-dealkylation sites (tertiary alicyclic amines) is 1. The first-order chi connectivity index (χ1) is 10.2. The molecule has 2 aromatic rings. The van der Waals surface area contributed by atoms with Gasteiger partial charge in [0.2, 0.25) is 0 Å². The number of nitrogens with zero attached hydrogens (tertiary/aromatic N) is 2. The van der Waals surface area contributed by atoms with Gasteiger partial charge in [-0.25, -0.2) is 0 Å². The van der Waals surface area contributed by atoms with Gasteiger partial charge in [0.15, 0.2) is 0 Å². The molecule has 5 nitrogen and oxygen atoms in total. The third-order valence-electron chi connectivity index (χ3n) is 4.06. The van der Waals surface area contributed by atoms with Crippen LogP contribution < -0.4 is 5.73 Å². The number of nitrogens with two attached hydrogens (primary N) is 1. The molecule has 0 spiro atoms. The zero-order valence-corrected chi connectivity index (χ0v) is 12.2. The second-order valence-electron chi connectivity index (χ2n) is 5.67. The normalized spacial score (nSPS) is 18.2. The van der Waals surface area contributed by atoms with Crippen LogP contribution in [0.4, 0.5) is 0 Å². The number of amides is 1. The first kappa shape index (κ1) is 13.8. The first-order valence-corrected chi connectivity index (χ1v) is 7.29. The summed E-state index contributed by atoms with van der Waals surface area (Å²) in [6.45, 7) is 4.21. The molecule has 1 atom stereocenters. The van der Waals surface area contributed by atoms with Crippen LogP contribution in [0.2, 0.25) is 0 Å². The molecule has 110 valence electrons.